The molecule has 3 rings (SSSR count). The number of fused-ring (bicyclic) bond motifs is 1. The maximum atomic E-state index is 13.5. The molecule has 1 aromatic carbocycles. The zero-order valence-electron chi connectivity index (χ0n) is 9.79. The predicted molar refractivity (Wildman–Crippen MR) is 70.8 cm³/mol. The molecule has 1 aromatic heterocycles. The maximum absolute atomic E-state index is 13.5. The summed E-state index contributed by atoms with van der Waals surface area (Å²) in [5.74, 6) is -1.19. The quantitative estimate of drug-likeness (QED) is 0.836. The molecule has 0 saturated carbocycles. The number of halogens is 1. The Morgan fingerprint density at radius 1 is 1.40 bits per heavy atom. The van der Waals surface area contributed by atoms with Crippen molar-refractivity contribution in [2.75, 3.05) is 6.54 Å². The van der Waals surface area contributed by atoms with E-state index in [1.165, 1.54) is 18.2 Å². The van der Waals surface area contributed by atoms with E-state index >= 15 is 0 Å². The molecule has 20 heavy (non-hydrogen) atoms. The van der Waals surface area contributed by atoms with E-state index in [0.29, 0.717) is 9.69 Å². The van der Waals surface area contributed by atoms with Crippen molar-refractivity contribution in [3.63, 3.8) is 0 Å². The van der Waals surface area contributed by atoms with Crippen LogP contribution < -0.4 is 5.32 Å². The maximum Gasteiger partial charge on any atom is 0.300 e. The number of nitrogens with one attached hydrogen (secondary N) is 1. The van der Waals surface area contributed by atoms with E-state index in [4.69, 9.17) is 16.6 Å². The lowest BCUT2D eigenvalue weighted by atomic mass is 10.2. The summed E-state index contributed by atoms with van der Waals surface area (Å²) in [5.41, 5.74) is -0.157. The van der Waals surface area contributed by atoms with Crippen LogP contribution in [0.3, 0.4) is 0 Å². The van der Waals surface area contributed by atoms with Crippen molar-refractivity contribution in [1.82, 2.24) is 9.62 Å². The van der Waals surface area contributed by atoms with Crippen LogP contribution in [0.15, 0.2) is 33.8 Å². The Hall–Kier alpha value is -2.00. The molecule has 1 amide bonds. The highest BCUT2D eigenvalue weighted by atomic mass is 32.2. The number of furan rings is 1. The van der Waals surface area contributed by atoms with Gasteiger partial charge >= 0.3 is 0 Å². The summed E-state index contributed by atoms with van der Waals surface area (Å²) in [6, 6.07) is 5.31. The number of carbonyl (C=O) groups excluding carboxylic acids is 1. The molecule has 1 fully saturated rings. The third-order valence-corrected chi connectivity index (χ3v) is 4.82. The minimum atomic E-state index is -4.12. The van der Waals surface area contributed by atoms with Gasteiger partial charge < -0.3 is 9.73 Å². The summed E-state index contributed by atoms with van der Waals surface area (Å²) in [5, 5.41) is 1.84. The van der Waals surface area contributed by atoms with Crippen LogP contribution in [0.2, 0.25) is 0 Å². The number of thiocarbonyl (C=S) groups is 1. The number of carbonyl (C=O) groups is 1. The summed E-state index contributed by atoms with van der Waals surface area (Å²) >= 11 is 4.77. The molecular formula is C11H7FN2O4S2. The van der Waals surface area contributed by atoms with E-state index < -0.39 is 33.4 Å². The van der Waals surface area contributed by atoms with E-state index in [1.54, 1.807) is 0 Å². The van der Waals surface area contributed by atoms with Crippen LogP contribution in [0.5, 0.6) is 0 Å². The summed E-state index contributed by atoms with van der Waals surface area (Å²) < 4.78 is 43.9. The normalized spacial score (nSPS) is 15.9. The number of hydrogen-bond acceptors (Lipinski definition) is 5. The van der Waals surface area contributed by atoms with Crippen LogP contribution >= 0.6 is 12.2 Å². The van der Waals surface area contributed by atoms with Crippen molar-refractivity contribution < 1.29 is 22.0 Å². The summed E-state index contributed by atoms with van der Waals surface area (Å²) in [4.78, 5) is 11.2. The fourth-order valence-corrected chi connectivity index (χ4v) is 3.56. The fourth-order valence-electron chi connectivity index (χ4n) is 1.86. The van der Waals surface area contributed by atoms with Gasteiger partial charge in [0.2, 0.25) is 11.0 Å². The molecule has 0 spiro atoms. The van der Waals surface area contributed by atoms with Gasteiger partial charge in [0.05, 0.1) is 0 Å². The van der Waals surface area contributed by atoms with Gasteiger partial charge in [-0.1, -0.05) is 12.1 Å². The molecular weight excluding hydrogens is 307 g/mol. The molecule has 1 saturated heterocycles. The van der Waals surface area contributed by atoms with Gasteiger partial charge in [0, 0.05) is 11.5 Å². The van der Waals surface area contributed by atoms with Gasteiger partial charge in [-0.25, -0.2) is 8.70 Å². The van der Waals surface area contributed by atoms with Gasteiger partial charge in [-0.3, -0.25) is 4.79 Å². The number of hydrogen-bond donors (Lipinski definition) is 1. The van der Waals surface area contributed by atoms with Crippen LogP contribution in [0.1, 0.15) is 0 Å². The topological polar surface area (TPSA) is 79.6 Å². The number of amides is 1. The molecule has 6 nitrogen and oxygen atoms in total. The van der Waals surface area contributed by atoms with Gasteiger partial charge in [-0.2, -0.15) is 8.42 Å². The fraction of sp³-hybridized carbons (Fsp3) is 0.0909. The highest BCUT2D eigenvalue weighted by Crippen LogP contribution is 2.27. The van der Waals surface area contributed by atoms with Crippen LogP contribution in [0, 0.1) is 5.82 Å². The highest BCUT2D eigenvalue weighted by molar-refractivity contribution is 7.91. The Balaban J connectivity index is 2.12. The highest BCUT2D eigenvalue weighted by Gasteiger charge is 2.37. The number of rotatable bonds is 2. The second-order valence-corrected chi connectivity index (χ2v) is 6.27. The van der Waals surface area contributed by atoms with Crippen molar-refractivity contribution in [1.29, 1.82) is 0 Å². The molecule has 0 radical (unpaired) electrons. The lowest BCUT2D eigenvalue weighted by molar-refractivity contribution is -0.118. The minimum absolute atomic E-state index is 0.157. The van der Waals surface area contributed by atoms with E-state index in [-0.39, 0.29) is 10.7 Å². The van der Waals surface area contributed by atoms with E-state index in [2.05, 4.69) is 5.32 Å². The van der Waals surface area contributed by atoms with Crippen LogP contribution in [-0.2, 0) is 14.8 Å². The second kappa shape index (κ2) is 4.25. The summed E-state index contributed by atoms with van der Waals surface area (Å²) in [6.45, 7) is -0.416. The SMILES string of the molecule is O=C1CN(S(=O)(=O)c2cc3cccc(F)c3o2)C(=S)N1. The zero-order valence-corrected chi connectivity index (χ0v) is 11.4. The standard InChI is InChI=1S/C11H7FN2O4S2/c12-7-3-1-2-6-4-9(18-10(6)7)20(16,17)14-5-8(15)13-11(14)19/h1-4H,5H2,(H,13,15,19). The Morgan fingerprint density at radius 2 is 2.15 bits per heavy atom. The molecule has 1 N–H and O–H groups in total. The molecule has 2 heterocycles. The first-order valence-electron chi connectivity index (χ1n) is 5.44. The van der Waals surface area contributed by atoms with E-state index in [9.17, 15) is 17.6 Å². The van der Waals surface area contributed by atoms with E-state index in [1.807, 2.05) is 0 Å². The Labute approximate surface area is 118 Å². The molecule has 0 unspecified atom stereocenters. The second-order valence-electron chi connectivity index (χ2n) is 4.09. The first kappa shape index (κ1) is 13.0. The number of nitrogens with zero attached hydrogens (tertiary/aromatic N) is 1. The third kappa shape index (κ3) is 1.86. The van der Waals surface area contributed by atoms with Gasteiger partial charge in [-0.15, -0.1) is 0 Å². The van der Waals surface area contributed by atoms with Crippen molar-refractivity contribution in [3.8, 4) is 0 Å². The van der Waals surface area contributed by atoms with Gasteiger partial charge in [0.25, 0.3) is 10.0 Å². The minimum Gasteiger partial charge on any atom is -0.440 e. The largest absolute Gasteiger partial charge is 0.440 e. The summed E-state index contributed by atoms with van der Waals surface area (Å²) in [7, 11) is -4.12. The zero-order chi connectivity index (χ0) is 14.5. The van der Waals surface area contributed by atoms with Gasteiger partial charge in [0.15, 0.2) is 16.5 Å². The monoisotopic (exact) mass is 314 g/mol. The van der Waals surface area contributed by atoms with Crippen molar-refractivity contribution in [2.24, 2.45) is 0 Å². The average molecular weight is 314 g/mol. The molecule has 9 heteroatoms. The number of para-hydroxylation sites is 1. The molecule has 1 aliphatic rings. The first-order valence-corrected chi connectivity index (χ1v) is 7.29. The van der Waals surface area contributed by atoms with E-state index in [0.717, 1.165) is 6.07 Å². The third-order valence-electron chi connectivity index (χ3n) is 2.78. The van der Waals surface area contributed by atoms with Crippen molar-refractivity contribution in [3.05, 3.63) is 30.1 Å². The van der Waals surface area contributed by atoms with Gasteiger partial charge in [0.1, 0.15) is 6.54 Å². The number of sulfonamides is 1. The Morgan fingerprint density at radius 3 is 2.75 bits per heavy atom. The van der Waals surface area contributed by atoms with Crippen molar-refractivity contribution >= 4 is 44.2 Å². The smallest absolute Gasteiger partial charge is 0.300 e. The molecule has 104 valence electrons. The predicted octanol–water partition coefficient (Wildman–Crippen LogP) is 0.977. The Kier molecular flexibility index (Phi) is 2.76. The molecule has 2 aromatic rings. The average Bonchev–Trinajstić information content (AvgIpc) is 2.94. The molecule has 1 aliphatic heterocycles. The summed E-state index contributed by atoms with van der Waals surface area (Å²) in [6.07, 6.45) is 0. The first-order chi connectivity index (χ1) is 9.39. The van der Waals surface area contributed by atoms with Crippen LogP contribution in [-0.4, -0.2) is 30.3 Å². The van der Waals surface area contributed by atoms with Gasteiger partial charge in [-0.05, 0) is 18.3 Å². The van der Waals surface area contributed by atoms with Crippen molar-refractivity contribution in [2.45, 2.75) is 5.09 Å². The number of benzene rings is 1. The Bertz CT molecular complexity index is 843. The lowest BCUT2D eigenvalue weighted by Crippen LogP contribution is -2.33. The lowest BCUT2D eigenvalue weighted by Gasteiger charge is -2.13. The molecule has 0 bridgehead atoms. The molecule has 0 atom stereocenters. The van der Waals surface area contributed by atoms with Crippen LogP contribution in [0.25, 0.3) is 11.0 Å². The van der Waals surface area contributed by atoms with Crippen LogP contribution in [0.4, 0.5) is 4.39 Å². The molecule has 0 aliphatic carbocycles.